The first-order valence-corrected chi connectivity index (χ1v) is 16.0. The first-order valence-electron chi connectivity index (χ1n) is 13.1. The van der Waals surface area contributed by atoms with Crippen molar-refractivity contribution in [1.29, 1.82) is 5.26 Å². The third-order valence-corrected chi connectivity index (χ3v) is 12.3. The maximum atomic E-state index is 12.8. The van der Waals surface area contributed by atoms with E-state index < -0.39 is 8.32 Å². The van der Waals surface area contributed by atoms with Gasteiger partial charge in [0.05, 0.1) is 36.4 Å². The zero-order valence-electron chi connectivity index (χ0n) is 22.7. The monoisotopic (exact) mass is 526 g/mol. The van der Waals surface area contributed by atoms with Crippen molar-refractivity contribution < 1.29 is 9.22 Å². The standard InChI is InChI=1S/C29H34N6O2Si/c1-29(2,3)38(4,5)37-23-15-28(36)35(18-23)27-9-8-21(17-32-27)24-13-22(20-6-7-20)14-26(33-24)34-25-12-19(16-30)10-11-31-25/h8-14,17,20,23H,6-7,15,18H2,1-5H3,(H,31,33,34)/t23-/m1/s1. The van der Waals surface area contributed by atoms with E-state index in [0.29, 0.717) is 41.9 Å². The molecule has 2 fully saturated rings. The van der Waals surface area contributed by atoms with E-state index in [1.165, 1.54) is 5.56 Å². The molecule has 1 aliphatic carbocycles. The SMILES string of the molecule is CC(C)(C)[Si](C)(C)O[C@@H]1CC(=O)N(c2ccc(-c3cc(C4CC4)cc(Nc4cc(C#N)ccn4)n3)cn2)C1. The highest BCUT2D eigenvalue weighted by Gasteiger charge is 2.42. The molecule has 1 amide bonds. The second-order valence-electron chi connectivity index (χ2n) is 11.7. The molecule has 4 heterocycles. The van der Waals surface area contributed by atoms with Crippen molar-refractivity contribution in [3.8, 4) is 17.3 Å². The normalized spacial score (nSPS) is 17.9. The molecule has 0 spiro atoms. The molecular formula is C29H34N6O2Si. The van der Waals surface area contributed by atoms with Gasteiger partial charge in [-0.25, -0.2) is 15.0 Å². The molecule has 1 saturated heterocycles. The lowest BCUT2D eigenvalue weighted by Gasteiger charge is -2.38. The van der Waals surface area contributed by atoms with E-state index >= 15 is 0 Å². The van der Waals surface area contributed by atoms with E-state index in [2.05, 4.69) is 67.4 Å². The van der Waals surface area contributed by atoms with Crippen molar-refractivity contribution in [2.45, 2.75) is 70.2 Å². The van der Waals surface area contributed by atoms with Crippen LogP contribution in [0.1, 0.15) is 57.1 Å². The fourth-order valence-corrected chi connectivity index (χ4v) is 5.73. The summed E-state index contributed by atoms with van der Waals surface area (Å²) < 4.78 is 6.51. The van der Waals surface area contributed by atoms with Crippen molar-refractivity contribution in [3.63, 3.8) is 0 Å². The minimum atomic E-state index is -1.97. The van der Waals surface area contributed by atoms with Crippen LogP contribution in [0.25, 0.3) is 11.3 Å². The van der Waals surface area contributed by atoms with Crippen molar-refractivity contribution >= 4 is 31.7 Å². The van der Waals surface area contributed by atoms with Gasteiger partial charge in [0.2, 0.25) is 5.91 Å². The number of rotatable bonds is 7. The average molecular weight is 527 g/mol. The molecule has 1 saturated carbocycles. The van der Waals surface area contributed by atoms with Crippen LogP contribution in [0.2, 0.25) is 18.1 Å². The molecule has 0 bridgehead atoms. The number of aromatic nitrogens is 3. The Bertz CT molecular complexity index is 1390. The van der Waals surface area contributed by atoms with E-state index in [9.17, 15) is 10.1 Å². The quantitative estimate of drug-likeness (QED) is 0.368. The first-order chi connectivity index (χ1) is 18.0. The molecule has 0 aromatic carbocycles. The number of nitriles is 1. The number of nitrogens with zero attached hydrogens (tertiary/aromatic N) is 5. The number of amides is 1. The van der Waals surface area contributed by atoms with Gasteiger partial charge < -0.3 is 9.74 Å². The van der Waals surface area contributed by atoms with Crippen LogP contribution in [0.15, 0.2) is 48.8 Å². The zero-order chi connectivity index (χ0) is 27.1. The number of pyridine rings is 3. The molecular weight excluding hydrogens is 492 g/mol. The maximum Gasteiger partial charge on any atom is 0.230 e. The predicted octanol–water partition coefficient (Wildman–Crippen LogP) is 6.16. The summed E-state index contributed by atoms with van der Waals surface area (Å²) in [7, 11) is -1.97. The Hall–Kier alpha value is -3.61. The van der Waals surface area contributed by atoms with Crippen LogP contribution < -0.4 is 10.2 Å². The number of nitrogens with one attached hydrogen (secondary N) is 1. The summed E-state index contributed by atoms with van der Waals surface area (Å²) in [5.74, 6) is 2.46. The molecule has 1 N–H and O–H groups in total. The second-order valence-corrected chi connectivity index (χ2v) is 16.5. The first kappa shape index (κ1) is 26.0. The second kappa shape index (κ2) is 9.93. The van der Waals surface area contributed by atoms with Crippen LogP contribution >= 0.6 is 0 Å². The molecule has 1 atom stereocenters. The molecule has 5 rings (SSSR count). The molecule has 1 aliphatic heterocycles. The van der Waals surface area contributed by atoms with Gasteiger partial charge in [-0.2, -0.15) is 5.26 Å². The third-order valence-electron chi connectivity index (χ3n) is 7.72. The van der Waals surface area contributed by atoms with E-state index in [0.717, 1.165) is 24.1 Å². The Morgan fingerprint density at radius 1 is 1.11 bits per heavy atom. The van der Waals surface area contributed by atoms with Crippen LogP contribution in [0.5, 0.6) is 0 Å². The lowest BCUT2D eigenvalue weighted by atomic mass is 10.1. The maximum absolute atomic E-state index is 12.8. The van der Waals surface area contributed by atoms with Gasteiger partial charge in [0.25, 0.3) is 0 Å². The van der Waals surface area contributed by atoms with E-state index in [-0.39, 0.29) is 17.0 Å². The Balaban J connectivity index is 1.35. The molecule has 3 aromatic heterocycles. The highest BCUT2D eigenvalue weighted by atomic mass is 28.4. The third kappa shape index (κ3) is 5.61. The highest BCUT2D eigenvalue weighted by molar-refractivity contribution is 6.74. The van der Waals surface area contributed by atoms with Gasteiger partial charge in [-0.1, -0.05) is 20.8 Å². The fraction of sp³-hybridized carbons (Fsp3) is 0.414. The Morgan fingerprint density at radius 2 is 1.89 bits per heavy atom. The topological polar surface area (TPSA) is 104 Å². The molecule has 0 radical (unpaired) electrons. The summed E-state index contributed by atoms with van der Waals surface area (Å²) in [6, 6.07) is 13.5. The molecule has 38 heavy (non-hydrogen) atoms. The van der Waals surface area contributed by atoms with Crippen LogP contribution in [-0.4, -0.2) is 41.8 Å². The van der Waals surface area contributed by atoms with E-state index in [1.807, 2.05) is 12.1 Å². The van der Waals surface area contributed by atoms with Gasteiger partial charge in [-0.15, -0.1) is 0 Å². The number of hydrogen-bond donors (Lipinski definition) is 1. The number of hydrogen-bond acceptors (Lipinski definition) is 7. The van der Waals surface area contributed by atoms with Crippen LogP contribution in [0, 0.1) is 11.3 Å². The summed E-state index contributed by atoms with van der Waals surface area (Å²) in [5.41, 5.74) is 3.44. The Labute approximate surface area is 225 Å². The minimum absolute atomic E-state index is 0.0430. The number of carbonyl (C=O) groups is 1. The van der Waals surface area contributed by atoms with Gasteiger partial charge in [0.1, 0.15) is 17.5 Å². The summed E-state index contributed by atoms with van der Waals surface area (Å²) in [4.78, 5) is 28.4. The van der Waals surface area contributed by atoms with Gasteiger partial charge >= 0.3 is 0 Å². The predicted molar refractivity (Wildman–Crippen MR) is 151 cm³/mol. The summed E-state index contributed by atoms with van der Waals surface area (Å²) in [6.45, 7) is 11.6. The molecule has 3 aromatic rings. The van der Waals surface area contributed by atoms with Crippen LogP contribution in [-0.2, 0) is 9.22 Å². The molecule has 9 heteroatoms. The smallest absolute Gasteiger partial charge is 0.230 e. The fourth-order valence-electron chi connectivity index (χ4n) is 4.38. The van der Waals surface area contributed by atoms with Crippen molar-refractivity contribution in [1.82, 2.24) is 15.0 Å². The summed E-state index contributed by atoms with van der Waals surface area (Å²) >= 11 is 0. The van der Waals surface area contributed by atoms with Crippen molar-refractivity contribution in [3.05, 3.63) is 59.9 Å². The van der Waals surface area contributed by atoms with Gasteiger partial charge in [-0.3, -0.25) is 9.69 Å². The largest absolute Gasteiger partial charge is 0.412 e. The van der Waals surface area contributed by atoms with Crippen LogP contribution in [0.4, 0.5) is 17.5 Å². The van der Waals surface area contributed by atoms with Crippen molar-refractivity contribution in [2.24, 2.45) is 0 Å². The van der Waals surface area contributed by atoms with E-state index in [1.54, 1.807) is 29.4 Å². The van der Waals surface area contributed by atoms with Gasteiger partial charge in [-0.05, 0) is 78.9 Å². The lowest BCUT2D eigenvalue weighted by Crippen LogP contribution is -2.44. The van der Waals surface area contributed by atoms with Gasteiger partial charge in [0, 0.05) is 18.0 Å². The minimum Gasteiger partial charge on any atom is -0.412 e. The van der Waals surface area contributed by atoms with Crippen molar-refractivity contribution in [2.75, 3.05) is 16.8 Å². The average Bonchev–Trinajstić information content (AvgIpc) is 3.66. The lowest BCUT2D eigenvalue weighted by molar-refractivity contribution is -0.117. The number of anilines is 3. The Morgan fingerprint density at radius 3 is 2.55 bits per heavy atom. The van der Waals surface area contributed by atoms with Gasteiger partial charge in [0.15, 0.2) is 8.32 Å². The molecule has 8 nitrogen and oxygen atoms in total. The molecule has 0 unspecified atom stereocenters. The highest BCUT2D eigenvalue weighted by Crippen LogP contribution is 2.42. The molecule has 196 valence electrons. The summed E-state index contributed by atoms with van der Waals surface area (Å²) in [6.07, 6.45) is 5.99. The Kier molecular flexibility index (Phi) is 6.80. The molecule has 2 aliphatic rings. The van der Waals surface area contributed by atoms with Crippen LogP contribution in [0.3, 0.4) is 0 Å². The van der Waals surface area contributed by atoms with E-state index in [4.69, 9.17) is 9.41 Å². The summed E-state index contributed by atoms with van der Waals surface area (Å²) in [5, 5.41) is 12.5. The zero-order valence-corrected chi connectivity index (χ0v) is 23.7. The number of carbonyl (C=O) groups excluding carboxylic acids is 1.